The van der Waals surface area contributed by atoms with Crippen LogP contribution in [0.2, 0.25) is 0 Å². The molecule has 0 N–H and O–H groups in total. The van der Waals surface area contributed by atoms with Crippen LogP contribution in [0.1, 0.15) is 15.3 Å². The Labute approximate surface area is 97.2 Å². The normalized spacial score (nSPS) is 11.7. The Balaban J connectivity index is 2.56. The summed E-state index contributed by atoms with van der Waals surface area (Å²) >= 11 is 3.80. The second-order valence-corrected chi connectivity index (χ2v) is 6.59. The molecule has 0 atom stereocenters. The molecule has 0 spiro atoms. The highest BCUT2D eigenvalue weighted by atomic mass is 32.1. The summed E-state index contributed by atoms with van der Waals surface area (Å²) in [7, 11) is 0. The molecule has 0 nitrogen and oxygen atoms in total. The molecule has 76 valence electrons. The van der Waals surface area contributed by atoms with E-state index < -0.39 is 0 Å². The van der Waals surface area contributed by atoms with Crippen LogP contribution in [0.25, 0.3) is 20.2 Å². The minimum atomic E-state index is 1.41. The molecule has 2 heteroatoms. The van der Waals surface area contributed by atoms with Crippen LogP contribution >= 0.6 is 22.7 Å². The van der Waals surface area contributed by atoms with Crippen molar-refractivity contribution in [3.05, 3.63) is 33.5 Å². The van der Waals surface area contributed by atoms with Crippen LogP contribution in [0.15, 0.2) is 18.2 Å². The van der Waals surface area contributed by atoms with E-state index in [4.69, 9.17) is 0 Å². The molecule has 0 saturated carbocycles. The third-order valence-corrected chi connectivity index (χ3v) is 4.98. The van der Waals surface area contributed by atoms with Crippen LogP contribution in [-0.4, -0.2) is 0 Å². The first-order valence-electron chi connectivity index (χ1n) is 5.05. The third kappa shape index (κ3) is 1.32. The van der Waals surface area contributed by atoms with Gasteiger partial charge in [-0.2, -0.15) is 0 Å². The zero-order chi connectivity index (χ0) is 10.6. The van der Waals surface area contributed by atoms with Gasteiger partial charge in [-0.15, -0.1) is 22.7 Å². The summed E-state index contributed by atoms with van der Waals surface area (Å²) in [4.78, 5) is 2.81. The first kappa shape index (κ1) is 9.37. The number of benzene rings is 1. The molecule has 15 heavy (non-hydrogen) atoms. The van der Waals surface area contributed by atoms with Gasteiger partial charge in [0.1, 0.15) is 0 Å². The minimum absolute atomic E-state index is 1.41. The summed E-state index contributed by atoms with van der Waals surface area (Å²) in [5, 5.41) is 2.84. The lowest BCUT2D eigenvalue weighted by molar-refractivity contribution is 1.60. The van der Waals surface area contributed by atoms with E-state index in [0.29, 0.717) is 0 Å². The first-order chi connectivity index (χ1) is 7.15. The second kappa shape index (κ2) is 3.06. The number of rotatable bonds is 0. The van der Waals surface area contributed by atoms with Crippen LogP contribution in [0.4, 0.5) is 0 Å². The van der Waals surface area contributed by atoms with Gasteiger partial charge in [-0.3, -0.25) is 0 Å². The number of aryl methyl sites for hydroxylation is 3. The van der Waals surface area contributed by atoms with E-state index in [1.165, 1.54) is 35.5 Å². The number of fused-ring (bicyclic) bond motifs is 2. The largest absolute Gasteiger partial charge is 0.141 e. The fourth-order valence-corrected chi connectivity index (χ4v) is 4.17. The third-order valence-electron chi connectivity index (χ3n) is 2.80. The Bertz CT molecular complexity index is 601. The van der Waals surface area contributed by atoms with E-state index in [2.05, 4.69) is 39.0 Å². The molecular formula is C13H12S2. The Hall–Kier alpha value is -0.860. The quantitative estimate of drug-likeness (QED) is 0.509. The average Bonchev–Trinajstić information content (AvgIpc) is 2.69. The van der Waals surface area contributed by atoms with Gasteiger partial charge in [0.25, 0.3) is 0 Å². The highest BCUT2D eigenvalue weighted by Crippen LogP contribution is 2.37. The maximum absolute atomic E-state index is 2.33. The fourth-order valence-electron chi connectivity index (χ4n) is 2.13. The SMILES string of the molecule is Cc1cc2c(C)c3sc(C)cc3cc2s1. The van der Waals surface area contributed by atoms with Gasteiger partial charge in [0, 0.05) is 19.2 Å². The maximum atomic E-state index is 2.33. The molecule has 0 bridgehead atoms. The van der Waals surface area contributed by atoms with E-state index in [9.17, 15) is 0 Å². The van der Waals surface area contributed by atoms with Gasteiger partial charge in [-0.05, 0) is 55.3 Å². The summed E-state index contributed by atoms with van der Waals surface area (Å²) in [5.41, 5.74) is 1.45. The van der Waals surface area contributed by atoms with Crippen molar-refractivity contribution in [3.8, 4) is 0 Å². The molecular weight excluding hydrogens is 220 g/mol. The maximum Gasteiger partial charge on any atom is 0.0381 e. The van der Waals surface area contributed by atoms with Crippen molar-refractivity contribution in [2.24, 2.45) is 0 Å². The molecule has 0 unspecified atom stereocenters. The molecule has 0 aliphatic heterocycles. The molecule has 1 aromatic carbocycles. The van der Waals surface area contributed by atoms with Crippen LogP contribution in [0, 0.1) is 20.8 Å². The van der Waals surface area contributed by atoms with Gasteiger partial charge in [-0.1, -0.05) is 0 Å². The molecule has 0 fully saturated rings. The molecule has 0 radical (unpaired) electrons. The summed E-state index contributed by atoms with van der Waals surface area (Å²) in [6.45, 7) is 6.61. The van der Waals surface area contributed by atoms with Crippen molar-refractivity contribution in [2.75, 3.05) is 0 Å². The molecule has 3 aromatic rings. The van der Waals surface area contributed by atoms with Gasteiger partial charge >= 0.3 is 0 Å². The smallest absolute Gasteiger partial charge is 0.0381 e. The predicted molar refractivity (Wildman–Crippen MR) is 71.4 cm³/mol. The van der Waals surface area contributed by atoms with E-state index in [1.807, 2.05) is 22.7 Å². The predicted octanol–water partition coefficient (Wildman–Crippen LogP) is 5.04. The van der Waals surface area contributed by atoms with Crippen molar-refractivity contribution in [3.63, 3.8) is 0 Å². The standard InChI is InChI=1S/C13H12S2/c1-7-4-10-6-12-11(5-8(2)14-12)9(3)13(10)15-7/h4-6H,1-3H3. The Kier molecular flexibility index (Phi) is 1.91. The molecule has 0 aliphatic carbocycles. The lowest BCUT2D eigenvalue weighted by Crippen LogP contribution is -1.72. The van der Waals surface area contributed by atoms with Gasteiger partial charge in [0.2, 0.25) is 0 Å². The van der Waals surface area contributed by atoms with Crippen molar-refractivity contribution in [2.45, 2.75) is 20.8 Å². The van der Waals surface area contributed by atoms with Gasteiger partial charge in [0.15, 0.2) is 0 Å². The number of hydrogen-bond donors (Lipinski definition) is 0. The average molecular weight is 232 g/mol. The van der Waals surface area contributed by atoms with Crippen molar-refractivity contribution in [1.82, 2.24) is 0 Å². The Morgan fingerprint density at radius 2 is 1.60 bits per heavy atom. The fraction of sp³-hybridized carbons (Fsp3) is 0.231. The Morgan fingerprint density at radius 1 is 0.867 bits per heavy atom. The van der Waals surface area contributed by atoms with Gasteiger partial charge in [-0.25, -0.2) is 0 Å². The highest BCUT2D eigenvalue weighted by molar-refractivity contribution is 7.20. The molecule has 0 aliphatic rings. The summed E-state index contributed by atoms with van der Waals surface area (Å²) < 4.78 is 2.88. The minimum Gasteiger partial charge on any atom is -0.141 e. The molecule has 2 aromatic heterocycles. The van der Waals surface area contributed by atoms with Crippen molar-refractivity contribution < 1.29 is 0 Å². The summed E-state index contributed by atoms with van der Waals surface area (Å²) in [5.74, 6) is 0. The van der Waals surface area contributed by atoms with Crippen molar-refractivity contribution in [1.29, 1.82) is 0 Å². The van der Waals surface area contributed by atoms with E-state index in [-0.39, 0.29) is 0 Å². The zero-order valence-electron chi connectivity index (χ0n) is 9.05. The van der Waals surface area contributed by atoms with Crippen LogP contribution in [0.5, 0.6) is 0 Å². The topological polar surface area (TPSA) is 0 Å². The number of thiophene rings is 2. The number of hydrogen-bond acceptors (Lipinski definition) is 2. The highest BCUT2D eigenvalue weighted by Gasteiger charge is 2.08. The molecule has 3 rings (SSSR count). The zero-order valence-corrected chi connectivity index (χ0v) is 10.7. The monoisotopic (exact) mass is 232 g/mol. The summed E-state index contributed by atoms with van der Waals surface area (Å²) in [6.07, 6.45) is 0. The van der Waals surface area contributed by atoms with Gasteiger partial charge < -0.3 is 0 Å². The van der Waals surface area contributed by atoms with E-state index >= 15 is 0 Å². The molecule has 2 heterocycles. The Morgan fingerprint density at radius 3 is 2.40 bits per heavy atom. The van der Waals surface area contributed by atoms with Gasteiger partial charge in [0.05, 0.1) is 0 Å². The van der Waals surface area contributed by atoms with Crippen LogP contribution in [-0.2, 0) is 0 Å². The van der Waals surface area contributed by atoms with Crippen molar-refractivity contribution >= 4 is 42.8 Å². The van der Waals surface area contributed by atoms with E-state index in [1.54, 1.807) is 0 Å². The van der Waals surface area contributed by atoms with E-state index in [0.717, 1.165) is 0 Å². The first-order valence-corrected chi connectivity index (χ1v) is 6.68. The lowest BCUT2D eigenvalue weighted by atomic mass is 10.1. The lowest BCUT2D eigenvalue weighted by Gasteiger charge is -1.97. The van der Waals surface area contributed by atoms with Crippen LogP contribution in [0.3, 0.4) is 0 Å². The second-order valence-electron chi connectivity index (χ2n) is 4.05. The van der Waals surface area contributed by atoms with Crippen LogP contribution < -0.4 is 0 Å². The summed E-state index contributed by atoms with van der Waals surface area (Å²) in [6, 6.07) is 6.93. The molecule has 0 amide bonds. The molecule has 0 saturated heterocycles.